The number of rotatable bonds is 7. The Labute approximate surface area is 176 Å². The van der Waals surface area contributed by atoms with Crippen molar-refractivity contribution in [3.63, 3.8) is 0 Å². The number of ether oxygens (including phenoxy) is 2. The average molecular weight is 410 g/mol. The van der Waals surface area contributed by atoms with Gasteiger partial charge in [-0.05, 0) is 50.1 Å². The van der Waals surface area contributed by atoms with E-state index in [1.54, 1.807) is 29.2 Å². The molecule has 0 spiro atoms. The molecule has 2 amide bonds. The second kappa shape index (κ2) is 9.43. The highest BCUT2D eigenvalue weighted by atomic mass is 16.5. The molecule has 1 aliphatic rings. The number of carbonyl (C=O) groups is 3. The lowest BCUT2D eigenvalue weighted by Gasteiger charge is -2.20. The summed E-state index contributed by atoms with van der Waals surface area (Å²) in [5.74, 6) is -1.19. The van der Waals surface area contributed by atoms with E-state index in [1.807, 2.05) is 39.0 Å². The van der Waals surface area contributed by atoms with Gasteiger partial charge in [0.05, 0.1) is 18.2 Å². The number of aryl methyl sites for hydroxylation is 1. The van der Waals surface area contributed by atoms with E-state index < -0.39 is 24.4 Å². The van der Waals surface area contributed by atoms with Gasteiger partial charge in [0, 0.05) is 18.7 Å². The van der Waals surface area contributed by atoms with Crippen molar-refractivity contribution < 1.29 is 23.9 Å². The van der Waals surface area contributed by atoms with Gasteiger partial charge < -0.3 is 19.7 Å². The number of nitrogens with zero attached hydrogens (tertiary/aromatic N) is 1. The quantitative estimate of drug-likeness (QED) is 0.709. The number of benzene rings is 2. The molecular formula is C23H26N2O5. The summed E-state index contributed by atoms with van der Waals surface area (Å²) in [5.41, 5.74) is 3.40. The minimum atomic E-state index is -0.596. The van der Waals surface area contributed by atoms with E-state index in [4.69, 9.17) is 9.47 Å². The van der Waals surface area contributed by atoms with E-state index in [1.165, 1.54) is 0 Å². The van der Waals surface area contributed by atoms with E-state index in [0.717, 1.165) is 16.8 Å². The Kier molecular flexibility index (Phi) is 6.72. The molecule has 1 N–H and O–H groups in total. The fourth-order valence-electron chi connectivity index (χ4n) is 3.42. The molecule has 2 aromatic rings. The van der Waals surface area contributed by atoms with E-state index in [0.29, 0.717) is 18.0 Å². The summed E-state index contributed by atoms with van der Waals surface area (Å²) in [6.07, 6.45) is 0.0704. The Morgan fingerprint density at radius 2 is 1.90 bits per heavy atom. The Morgan fingerprint density at radius 3 is 2.67 bits per heavy atom. The SMILES string of the molecule is CCOc1ccccc1NC(=O)COC(=O)C1CC(=O)N(c2cccc(C)c2C)C1. The number of hydrogen-bond acceptors (Lipinski definition) is 5. The molecule has 0 radical (unpaired) electrons. The third-order valence-electron chi connectivity index (χ3n) is 5.13. The van der Waals surface area contributed by atoms with Crippen LogP contribution in [0.1, 0.15) is 24.5 Å². The molecular weight excluding hydrogens is 384 g/mol. The molecule has 1 aliphatic heterocycles. The van der Waals surface area contributed by atoms with Crippen molar-refractivity contribution in [2.24, 2.45) is 5.92 Å². The molecule has 158 valence electrons. The molecule has 2 aromatic carbocycles. The highest BCUT2D eigenvalue weighted by molar-refractivity contribution is 6.00. The summed E-state index contributed by atoms with van der Waals surface area (Å²) in [5, 5.41) is 2.68. The molecule has 7 nitrogen and oxygen atoms in total. The molecule has 30 heavy (non-hydrogen) atoms. The predicted octanol–water partition coefficient (Wildman–Crippen LogP) is 3.24. The summed E-state index contributed by atoms with van der Waals surface area (Å²) in [6.45, 7) is 6.07. The molecule has 3 rings (SSSR count). The first-order chi connectivity index (χ1) is 14.4. The second-order valence-electron chi connectivity index (χ2n) is 7.21. The van der Waals surface area contributed by atoms with Crippen molar-refractivity contribution in [3.8, 4) is 5.75 Å². The fourth-order valence-corrected chi connectivity index (χ4v) is 3.42. The van der Waals surface area contributed by atoms with Crippen LogP contribution in [0.2, 0.25) is 0 Å². The number of esters is 1. The van der Waals surface area contributed by atoms with Gasteiger partial charge in [0.25, 0.3) is 5.91 Å². The van der Waals surface area contributed by atoms with Gasteiger partial charge in [-0.15, -0.1) is 0 Å². The van der Waals surface area contributed by atoms with Gasteiger partial charge in [-0.3, -0.25) is 14.4 Å². The minimum absolute atomic E-state index is 0.0704. The van der Waals surface area contributed by atoms with Crippen LogP contribution >= 0.6 is 0 Å². The third-order valence-corrected chi connectivity index (χ3v) is 5.13. The molecule has 1 atom stereocenters. The zero-order valence-electron chi connectivity index (χ0n) is 17.4. The maximum atomic E-state index is 12.5. The van der Waals surface area contributed by atoms with Crippen molar-refractivity contribution in [1.29, 1.82) is 0 Å². The maximum absolute atomic E-state index is 12.5. The summed E-state index contributed by atoms with van der Waals surface area (Å²) >= 11 is 0. The van der Waals surface area contributed by atoms with Gasteiger partial charge in [0.1, 0.15) is 5.75 Å². The van der Waals surface area contributed by atoms with Crippen LogP contribution in [0.25, 0.3) is 0 Å². The van der Waals surface area contributed by atoms with Crippen molar-refractivity contribution in [1.82, 2.24) is 0 Å². The second-order valence-corrected chi connectivity index (χ2v) is 7.21. The molecule has 1 heterocycles. The number of hydrogen-bond donors (Lipinski definition) is 1. The molecule has 0 aliphatic carbocycles. The summed E-state index contributed by atoms with van der Waals surface area (Å²) < 4.78 is 10.6. The number of anilines is 2. The van der Waals surface area contributed by atoms with E-state index >= 15 is 0 Å². The van der Waals surface area contributed by atoms with Gasteiger partial charge in [-0.2, -0.15) is 0 Å². The standard InChI is InChI=1S/C23H26N2O5/c1-4-29-20-11-6-5-9-18(20)24-21(26)14-30-23(28)17-12-22(27)25(13-17)19-10-7-8-15(2)16(19)3/h5-11,17H,4,12-14H2,1-3H3,(H,24,26). The molecule has 0 bridgehead atoms. The number of carbonyl (C=O) groups excluding carboxylic acids is 3. The Bertz CT molecular complexity index is 956. The van der Waals surface area contributed by atoms with Crippen LogP contribution in [0.5, 0.6) is 5.75 Å². The van der Waals surface area contributed by atoms with Gasteiger partial charge >= 0.3 is 5.97 Å². The van der Waals surface area contributed by atoms with Crippen LogP contribution in [-0.4, -0.2) is 37.5 Å². The molecule has 1 fully saturated rings. The highest BCUT2D eigenvalue weighted by Gasteiger charge is 2.37. The number of nitrogens with one attached hydrogen (secondary N) is 1. The number of amides is 2. The van der Waals surface area contributed by atoms with Gasteiger partial charge in [0.15, 0.2) is 6.61 Å². The third kappa shape index (κ3) is 4.79. The summed E-state index contributed by atoms with van der Waals surface area (Å²) in [6, 6.07) is 12.8. The number of para-hydroxylation sites is 2. The molecule has 0 aromatic heterocycles. The van der Waals surface area contributed by atoms with Crippen LogP contribution in [0, 0.1) is 19.8 Å². The maximum Gasteiger partial charge on any atom is 0.311 e. The topological polar surface area (TPSA) is 84.9 Å². The van der Waals surface area contributed by atoms with E-state index in [-0.39, 0.29) is 18.9 Å². The van der Waals surface area contributed by atoms with Crippen molar-refractivity contribution in [2.75, 3.05) is 30.0 Å². The van der Waals surface area contributed by atoms with Gasteiger partial charge in [0.2, 0.25) is 5.91 Å². The van der Waals surface area contributed by atoms with Crippen LogP contribution in [-0.2, 0) is 19.1 Å². The van der Waals surface area contributed by atoms with Crippen molar-refractivity contribution in [2.45, 2.75) is 27.2 Å². The van der Waals surface area contributed by atoms with Gasteiger partial charge in [-0.1, -0.05) is 24.3 Å². The van der Waals surface area contributed by atoms with Crippen LogP contribution < -0.4 is 15.0 Å². The monoisotopic (exact) mass is 410 g/mol. The van der Waals surface area contributed by atoms with E-state index in [2.05, 4.69) is 5.32 Å². The first-order valence-electron chi connectivity index (χ1n) is 9.95. The fraction of sp³-hybridized carbons (Fsp3) is 0.348. The summed E-state index contributed by atoms with van der Waals surface area (Å²) in [4.78, 5) is 38.7. The Hall–Kier alpha value is -3.35. The smallest absolute Gasteiger partial charge is 0.311 e. The first kappa shape index (κ1) is 21.4. The normalized spacial score (nSPS) is 15.8. The minimum Gasteiger partial charge on any atom is -0.492 e. The zero-order chi connectivity index (χ0) is 21.7. The van der Waals surface area contributed by atoms with Crippen LogP contribution in [0.3, 0.4) is 0 Å². The zero-order valence-corrected chi connectivity index (χ0v) is 17.4. The summed E-state index contributed by atoms with van der Waals surface area (Å²) in [7, 11) is 0. The Morgan fingerprint density at radius 1 is 1.13 bits per heavy atom. The molecule has 0 saturated carbocycles. The first-order valence-corrected chi connectivity index (χ1v) is 9.95. The molecule has 1 unspecified atom stereocenters. The lowest BCUT2D eigenvalue weighted by atomic mass is 10.1. The lowest BCUT2D eigenvalue weighted by molar-refractivity contribution is -0.151. The predicted molar refractivity (Wildman–Crippen MR) is 114 cm³/mol. The van der Waals surface area contributed by atoms with Crippen molar-refractivity contribution in [3.05, 3.63) is 53.6 Å². The van der Waals surface area contributed by atoms with E-state index in [9.17, 15) is 14.4 Å². The van der Waals surface area contributed by atoms with Crippen LogP contribution in [0.15, 0.2) is 42.5 Å². The molecule has 1 saturated heterocycles. The lowest BCUT2D eigenvalue weighted by Crippen LogP contribution is -2.28. The average Bonchev–Trinajstić information content (AvgIpc) is 3.11. The van der Waals surface area contributed by atoms with Gasteiger partial charge in [-0.25, -0.2) is 0 Å². The Balaban J connectivity index is 1.56. The highest BCUT2D eigenvalue weighted by Crippen LogP contribution is 2.30. The molecule has 7 heteroatoms. The van der Waals surface area contributed by atoms with Crippen molar-refractivity contribution >= 4 is 29.2 Å². The largest absolute Gasteiger partial charge is 0.492 e. The van der Waals surface area contributed by atoms with Crippen LogP contribution in [0.4, 0.5) is 11.4 Å².